The number of hydrogen-bond donors (Lipinski definition) is 1. The first kappa shape index (κ1) is 10.4. The molecule has 1 spiro atoms. The van der Waals surface area contributed by atoms with Crippen LogP contribution in [0.1, 0.15) is 19.3 Å². The van der Waals surface area contributed by atoms with Crippen molar-refractivity contribution in [2.75, 3.05) is 27.3 Å². The van der Waals surface area contributed by atoms with Crippen LogP contribution in [0.25, 0.3) is 0 Å². The molecule has 14 heavy (non-hydrogen) atoms. The summed E-state index contributed by atoms with van der Waals surface area (Å²) >= 11 is 0. The Morgan fingerprint density at radius 2 is 1.93 bits per heavy atom. The van der Waals surface area contributed by atoms with Crippen LogP contribution < -0.4 is 0 Å². The zero-order valence-electron chi connectivity index (χ0n) is 8.90. The lowest BCUT2D eigenvalue weighted by molar-refractivity contribution is -0.202. The van der Waals surface area contributed by atoms with Crippen LogP contribution in [0.5, 0.6) is 0 Å². The van der Waals surface area contributed by atoms with Gasteiger partial charge in [-0.15, -0.1) is 0 Å². The first-order chi connectivity index (χ1) is 6.63. The van der Waals surface area contributed by atoms with Crippen molar-refractivity contribution >= 4 is 0 Å². The van der Waals surface area contributed by atoms with Crippen molar-refractivity contribution < 1.29 is 14.6 Å². The summed E-state index contributed by atoms with van der Waals surface area (Å²) in [7, 11) is 3.98. The molecule has 0 aromatic heterocycles. The van der Waals surface area contributed by atoms with Crippen molar-refractivity contribution in [2.24, 2.45) is 0 Å². The average molecular weight is 201 g/mol. The summed E-state index contributed by atoms with van der Waals surface area (Å²) < 4.78 is 11.3. The molecule has 0 unspecified atom stereocenters. The van der Waals surface area contributed by atoms with E-state index in [1.54, 1.807) is 0 Å². The van der Waals surface area contributed by atoms with E-state index in [1.807, 2.05) is 14.1 Å². The van der Waals surface area contributed by atoms with E-state index in [4.69, 9.17) is 9.47 Å². The fraction of sp³-hybridized carbons (Fsp3) is 1.00. The molecule has 1 saturated heterocycles. The molecule has 1 saturated carbocycles. The molecule has 1 heterocycles. The molecule has 0 radical (unpaired) electrons. The van der Waals surface area contributed by atoms with Crippen LogP contribution in [0.4, 0.5) is 0 Å². The number of aliphatic hydroxyl groups excluding tert-OH is 1. The van der Waals surface area contributed by atoms with Crippen LogP contribution in [0.2, 0.25) is 0 Å². The monoisotopic (exact) mass is 201 g/mol. The second-order valence-corrected chi connectivity index (χ2v) is 4.45. The Kier molecular flexibility index (Phi) is 2.79. The molecule has 2 fully saturated rings. The van der Waals surface area contributed by atoms with Crippen LogP contribution in [0, 0.1) is 0 Å². The third-order valence-electron chi connectivity index (χ3n) is 3.26. The van der Waals surface area contributed by atoms with E-state index in [1.165, 1.54) is 0 Å². The van der Waals surface area contributed by atoms with Gasteiger partial charge in [0.15, 0.2) is 5.79 Å². The second kappa shape index (κ2) is 3.77. The fourth-order valence-electron chi connectivity index (χ4n) is 2.40. The molecule has 2 aliphatic rings. The molecule has 0 aromatic carbocycles. The van der Waals surface area contributed by atoms with Gasteiger partial charge in [-0.25, -0.2) is 0 Å². The average Bonchev–Trinajstić information content (AvgIpc) is 2.58. The number of nitrogens with zero attached hydrogens (tertiary/aromatic N) is 1. The van der Waals surface area contributed by atoms with Gasteiger partial charge in [-0.3, -0.25) is 0 Å². The lowest BCUT2D eigenvalue weighted by atomic mass is 9.87. The molecule has 0 aromatic rings. The number of hydrogen-bond acceptors (Lipinski definition) is 4. The molecule has 0 amide bonds. The quantitative estimate of drug-likeness (QED) is 0.658. The predicted octanol–water partition coefficient (Wildman–Crippen LogP) is 0.204. The van der Waals surface area contributed by atoms with Crippen LogP contribution in [0.15, 0.2) is 0 Å². The van der Waals surface area contributed by atoms with Gasteiger partial charge in [0.05, 0.1) is 19.3 Å². The van der Waals surface area contributed by atoms with Gasteiger partial charge in [0.25, 0.3) is 0 Å². The normalized spacial score (nSPS) is 36.9. The highest BCUT2D eigenvalue weighted by Crippen LogP contribution is 2.37. The van der Waals surface area contributed by atoms with Crippen molar-refractivity contribution in [1.29, 1.82) is 0 Å². The molecule has 1 N–H and O–H groups in total. The third kappa shape index (κ3) is 1.80. The summed E-state index contributed by atoms with van der Waals surface area (Å²) in [5.41, 5.74) is 0. The van der Waals surface area contributed by atoms with E-state index in [0.29, 0.717) is 13.2 Å². The number of aliphatic hydroxyl groups is 1. The van der Waals surface area contributed by atoms with Crippen molar-refractivity contribution in [1.82, 2.24) is 4.90 Å². The Morgan fingerprint density at radius 3 is 2.50 bits per heavy atom. The van der Waals surface area contributed by atoms with Crippen molar-refractivity contribution in [3.05, 3.63) is 0 Å². The number of rotatable bonds is 1. The highest BCUT2D eigenvalue weighted by molar-refractivity contribution is 4.91. The molecular weight excluding hydrogens is 182 g/mol. The summed E-state index contributed by atoms with van der Waals surface area (Å²) in [4.78, 5) is 2.05. The summed E-state index contributed by atoms with van der Waals surface area (Å²) in [6.07, 6.45) is 2.12. The third-order valence-corrected chi connectivity index (χ3v) is 3.26. The van der Waals surface area contributed by atoms with Gasteiger partial charge in [0, 0.05) is 18.9 Å². The minimum Gasteiger partial charge on any atom is -0.391 e. The Morgan fingerprint density at radius 1 is 1.29 bits per heavy atom. The molecule has 4 nitrogen and oxygen atoms in total. The molecule has 4 heteroatoms. The number of likely N-dealkylation sites (N-methyl/N-ethyl adjacent to an activating group) is 1. The first-order valence-electron chi connectivity index (χ1n) is 5.25. The lowest BCUT2D eigenvalue weighted by Gasteiger charge is -2.41. The Bertz CT molecular complexity index is 202. The van der Waals surface area contributed by atoms with Gasteiger partial charge in [-0.2, -0.15) is 0 Å². The molecule has 2 rings (SSSR count). The summed E-state index contributed by atoms with van der Waals surface area (Å²) in [5.74, 6) is -0.395. The smallest absolute Gasteiger partial charge is 0.170 e. The van der Waals surface area contributed by atoms with Gasteiger partial charge in [-0.05, 0) is 20.5 Å². The van der Waals surface area contributed by atoms with E-state index in [9.17, 15) is 5.11 Å². The highest BCUT2D eigenvalue weighted by atomic mass is 16.7. The Labute approximate surface area is 84.8 Å². The van der Waals surface area contributed by atoms with Gasteiger partial charge < -0.3 is 19.5 Å². The molecule has 82 valence electrons. The SMILES string of the molecule is CN(C)[C@H]1CC2(CC[C@@H]1O)OCCO2. The standard InChI is InChI=1S/C10H19NO3/c1-11(2)8-7-10(4-3-9(8)12)13-5-6-14-10/h8-9,12H,3-7H2,1-2H3/t8-,9-/m0/s1. The topological polar surface area (TPSA) is 41.9 Å². The molecule has 0 bridgehead atoms. The van der Waals surface area contributed by atoms with Gasteiger partial charge >= 0.3 is 0 Å². The van der Waals surface area contributed by atoms with Crippen molar-refractivity contribution in [3.63, 3.8) is 0 Å². The first-order valence-corrected chi connectivity index (χ1v) is 5.25. The lowest BCUT2D eigenvalue weighted by Crippen LogP contribution is -2.51. The van der Waals surface area contributed by atoms with Gasteiger partial charge in [0.1, 0.15) is 0 Å². The van der Waals surface area contributed by atoms with Crippen LogP contribution in [-0.4, -0.2) is 55.2 Å². The number of ether oxygens (including phenoxy) is 2. The molecule has 1 aliphatic heterocycles. The maximum absolute atomic E-state index is 9.83. The van der Waals surface area contributed by atoms with Crippen LogP contribution >= 0.6 is 0 Å². The van der Waals surface area contributed by atoms with E-state index < -0.39 is 5.79 Å². The molecular formula is C10H19NO3. The highest BCUT2D eigenvalue weighted by Gasteiger charge is 2.45. The van der Waals surface area contributed by atoms with Gasteiger partial charge in [0.2, 0.25) is 0 Å². The van der Waals surface area contributed by atoms with E-state index in [2.05, 4.69) is 4.90 Å². The van der Waals surface area contributed by atoms with E-state index in [0.717, 1.165) is 19.3 Å². The summed E-state index contributed by atoms with van der Waals surface area (Å²) in [6, 6.07) is 0.154. The van der Waals surface area contributed by atoms with E-state index >= 15 is 0 Å². The maximum atomic E-state index is 9.83. The molecule has 1 aliphatic carbocycles. The van der Waals surface area contributed by atoms with Gasteiger partial charge in [-0.1, -0.05) is 0 Å². The van der Waals surface area contributed by atoms with Crippen LogP contribution in [-0.2, 0) is 9.47 Å². The zero-order valence-corrected chi connectivity index (χ0v) is 8.90. The fourth-order valence-corrected chi connectivity index (χ4v) is 2.40. The second-order valence-electron chi connectivity index (χ2n) is 4.45. The van der Waals surface area contributed by atoms with Crippen molar-refractivity contribution in [2.45, 2.75) is 37.2 Å². The zero-order chi connectivity index (χ0) is 10.2. The van der Waals surface area contributed by atoms with Crippen molar-refractivity contribution in [3.8, 4) is 0 Å². The predicted molar refractivity (Wildman–Crippen MR) is 52.0 cm³/mol. The summed E-state index contributed by atoms with van der Waals surface area (Å²) in [6.45, 7) is 1.38. The minimum absolute atomic E-state index is 0.154. The molecule has 2 atom stereocenters. The minimum atomic E-state index is -0.395. The maximum Gasteiger partial charge on any atom is 0.170 e. The Hall–Kier alpha value is -0.160. The van der Waals surface area contributed by atoms with Crippen LogP contribution in [0.3, 0.4) is 0 Å². The Balaban J connectivity index is 2.04. The summed E-state index contributed by atoms with van der Waals surface area (Å²) in [5, 5.41) is 9.83. The van der Waals surface area contributed by atoms with E-state index in [-0.39, 0.29) is 12.1 Å². The largest absolute Gasteiger partial charge is 0.391 e.